The second-order valence-electron chi connectivity index (χ2n) is 3.88. The smallest absolute Gasteiger partial charge is 0.0342 e. The maximum atomic E-state index is 3.48. The van der Waals surface area contributed by atoms with Gasteiger partial charge in [0.05, 0.1) is 0 Å². The molecule has 1 nitrogen and oxygen atoms in total. The lowest BCUT2D eigenvalue weighted by Gasteiger charge is -2.06. The van der Waals surface area contributed by atoms with E-state index in [4.69, 9.17) is 0 Å². The molecule has 0 unspecified atom stereocenters. The standard InChI is InChI=1S/C12H17N/c1-2-10-4-3-5-12(8-10)13-9-11-6-7-11/h3-5,8,11,13H,2,6-7,9H2,1H3. The lowest BCUT2D eigenvalue weighted by molar-refractivity contribution is 0.889. The van der Waals surface area contributed by atoms with Gasteiger partial charge in [0.2, 0.25) is 0 Å². The Kier molecular flexibility index (Phi) is 2.53. The van der Waals surface area contributed by atoms with Gasteiger partial charge in [0.25, 0.3) is 0 Å². The van der Waals surface area contributed by atoms with E-state index in [1.54, 1.807) is 0 Å². The molecule has 2 rings (SSSR count). The SMILES string of the molecule is CCc1cccc(NCC2CC2)c1. The van der Waals surface area contributed by atoms with Gasteiger partial charge in [-0.1, -0.05) is 19.1 Å². The van der Waals surface area contributed by atoms with Crippen molar-refractivity contribution < 1.29 is 0 Å². The maximum Gasteiger partial charge on any atom is 0.0342 e. The van der Waals surface area contributed by atoms with Gasteiger partial charge in [0, 0.05) is 12.2 Å². The van der Waals surface area contributed by atoms with Crippen molar-refractivity contribution in [1.29, 1.82) is 0 Å². The Morgan fingerprint density at radius 3 is 2.92 bits per heavy atom. The molecular weight excluding hydrogens is 158 g/mol. The molecule has 1 aliphatic carbocycles. The molecular formula is C12H17N. The summed E-state index contributed by atoms with van der Waals surface area (Å²) in [5.41, 5.74) is 2.70. The normalized spacial score (nSPS) is 15.8. The van der Waals surface area contributed by atoms with Crippen LogP contribution in [0.15, 0.2) is 24.3 Å². The average Bonchev–Trinajstić information content (AvgIpc) is 2.99. The Labute approximate surface area is 80.2 Å². The van der Waals surface area contributed by atoms with E-state index >= 15 is 0 Å². The lowest BCUT2D eigenvalue weighted by atomic mass is 10.1. The van der Waals surface area contributed by atoms with E-state index in [0.29, 0.717) is 0 Å². The van der Waals surface area contributed by atoms with Crippen LogP contribution in [0.25, 0.3) is 0 Å². The highest BCUT2D eigenvalue weighted by Crippen LogP contribution is 2.28. The minimum Gasteiger partial charge on any atom is -0.385 e. The molecule has 0 aromatic heterocycles. The number of benzene rings is 1. The minimum atomic E-state index is 0.949. The number of aryl methyl sites for hydroxylation is 1. The average molecular weight is 175 g/mol. The number of anilines is 1. The first-order valence-electron chi connectivity index (χ1n) is 5.21. The van der Waals surface area contributed by atoms with E-state index in [1.807, 2.05) is 0 Å². The molecule has 0 spiro atoms. The van der Waals surface area contributed by atoms with Crippen LogP contribution in [-0.4, -0.2) is 6.54 Å². The molecule has 1 saturated carbocycles. The van der Waals surface area contributed by atoms with Crippen molar-refractivity contribution in [2.24, 2.45) is 5.92 Å². The van der Waals surface area contributed by atoms with Crippen LogP contribution in [-0.2, 0) is 6.42 Å². The van der Waals surface area contributed by atoms with Crippen molar-refractivity contribution in [3.05, 3.63) is 29.8 Å². The maximum absolute atomic E-state index is 3.48. The van der Waals surface area contributed by atoms with Crippen LogP contribution in [0.5, 0.6) is 0 Å². The van der Waals surface area contributed by atoms with Gasteiger partial charge in [-0.3, -0.25) is 0 Å². The summed E-state index contributed by atoms with van der Waals surface area (Å²) in [7, 11) is 0. The van der Waals surface area contributed by atoms with Gasteiger partial charge in [-0.2, -0.15) is 0 Å². The highest BCUT2D eigenvalue weighted by Gasteiger charge is 2.20. The molecule has 1 fully saturated rings. The van der Waals surface area contributed by atoms with Crippen LogP contribution in [0, 0.1) is 5.92 Å². The highest BCUT2D eigenvalue weighted by atomic mass is 14.9. The summed E-state index contributed by atoms with van der Waals surface area (Å²) in [5, 5.41) is 3.48. The fraction of sp³-hybridized carbons (Fsp3) is 0.500. The number of nitrogens with one attached hydrogen (secondary N) is 1. The predicted molar refractivity (Wildman–Crippen MR) is 57.0 cm³/mol. The Morgan fingerprint density at radius 1 is 1.38 bits per heavy atom. The largest absolute Gasteiger partial charge is 0.385 e. The Bertz CT molecular complexity index is 276. The lowest BCUT2D eigenvalue weighted by Crippen LogP contribution is -2.03. The molecule has 1 aliphatic rings. The van der Waals surface area contributed by atoms with Crippen molar-refractivity contribution in [1.82, 2.24) is 0 Å². The summed E-state index contributed by atoms with van der Waals surface area (Å²) in [6.45, 7) is 3.35. The van der Waals surface area contributed by atoms with Gasteiger partial charge in [-0.25, -0.2) is 0 Å². The zero-order chi connectivity index (χ0) is 9.10. The van der Waals surface area contributed by atoms with Gasteiger partial charge in [-0.15, -0.1) is 0 Å². The van der Waals surface area contributed by atoms with Gasteiger partial charge < -0.3 is 5.32 Å². The molecule has 0 saturated heterocycles. The number of hydrogen-bond donors (Lipinski definition) is 1. The van der Waals surface area contributed by atoms with E-state index in [1.165, 1.54) is 24.1 Å². The molecule has 13 heavy (non-hydrogen) atoms. The third-order valence-corrected chi connectivity index (χ3v) is 2.63. The highest BCUT2D eigenvalue weighted by molar-refractivity contribution is 5.45. The van der Waals surface area contributed by atoms with E-state index in [-0.39, 0.29) is 0 Å². The molecule has 0 heterocycles. The zero-order valence-corrected chi connectivity index (χ0v) is 8.22. The summed E-state index contributed by atoms with van der Waals surface area (Å²) in [6, 6.07) is 8.72. The predicted octanol–water partition coefficient (Wildman–Crippen LogP) is 3.07. The first kappa shape index (κ1) is 8.61. The topological polar surface area (TPSA) is 12.0 Å². The molecule has 1 aromatic carbocycles. The molecule has 1 heteroatoms. The third kappa shape index (κ3) is 2.48. The van der Waals surface area contributed by atoms with Crippen LogP contribution >= 0.6 is 0 Å². The summed E-state index contributed by atoms with van der Waals surface area (Å²) in [4.78, 5) is 0. The molecule has 0 aliphatic heterocycles. The van der Waals surface area contributed by atoms with Gasteiger partial charge in [-0.05, 0) is 42.9 Å². The van der Waals surface area contributed by atoms with Crippen LogP contribution in [0.2, 0.25) is 0 Å². The molecule has 0 atom stereocenters. The summed E-state index contributed by atoms with van der Waals surface area (Å²) >= 11 is 0. The van der Waals surface area contributed by atoms with Crippen molar-refractivity contribution in [2.75, 3.05) is 11.9 Å². The van der Waals surface area contributed by atoms with E-state index in [9.17, 15) is 0 Å². The second-order valence-corrected chi connectivity index (χ2v) is 3.88. The Hall–Kier alpha value is -0.980. The van der Waals surface area contributed by atoms with E-state index in [2.05, 4.69) is 36.5 Å². The quantitative estimate of drug-likeness (QED) is 0.741. The molecule has 0 amide bonds. The summed E-state index contributed by atoms with van der Waals surface area (Å²) in [6.07, 6.45) is 3.96. The van der Waals surface area contributed by atoms with Crippen molar-refractivity contribution in [2.45, 2.75) is 26.2 Å². The Balaban J connectivity index is 1.93. The van der Waals surface area contributed by atoms with Crippen LogP contribution < -0.4 is 5.32 Å². The third-order valence-electron chi connectivity index (χ3n) is 2.63. The molecule has 0 bridgehead atoms. The van der Waals surface area contributed by atoms with Crippen molar-refractivity contribution in [3.8, 4) is 0 Å². The first-order valence-corrected chi connectivity index (χ1v) is 5.21. The fourth-order valence-corrected chi connectivity index (χ4v) is 1.49. The van der Waals surface area contributed by atoms with Crippen molar-refractivity contribution >= 4 is 5.69 Å². The minimum absolute atomic E-state index is 0.949. The van der Waals surface area contributed by atoms with Gasteiger partial charge >= 0.3 is 0 Å². The van der Waals surface area contributed by atoms with Crippen LogP contribution in [0.4, 0.5) is 5.69 Å². The van der Waals surface area contributed by atoms with Crippen LogP contribution in [0.1, 0.15) is 25.3 Å². The monoisotopic (exact) mass is 175 g/mol. The second kappa shape index (κ2) is 3.82. The van der Waals surface area contributed by atoms with E-state index in [0.717, 1.165) is 18.9 Å². The summed E-state index contributed by atoms with van der Waals surface area (Å²) in [5.74, 6) is 0.949. The molecule has 0 radical (unpaired) electrons. The number of rotatable bonds is 4. The first-order chi connectivity index (χ1) is 6.38. The molecule has 1 N–H and O–H groups in total. The Morgan fingerprint density at radius 2 is 2.23 bits per heavy atom. The fourth-order valence-electron chi connectivity index (χ4n) is 1.49. The van der Waals surface area contributed by atoms with Crippen molar-refractivity contribution in [3.63, 3.8) is 0 Å². The van der Waals surface area contributed by atoms with E-state index < -0.39 is 0 Å². The molecule has 1 aromatic rings. The summed E-state index contributed by atoms with van der Waals surface area (Å²) < 4.78 is 0. The van der Waals surface area contributed by atoms with Gasteiger partial charge in [0.1, 0.15) is 0 Å². The number of hydrogen-bond acceptors (Lipinski definition) is 1. The van der Waals surface area contributed by atoms with Gasteiger partial charge in [0.15, 0.2) is 0 Å². The van der Waals surface area contributed by atoms with Crippen LogP contribution in [0.3, 0.4) is 0 Å². The molecule has 70 valence electrons. The zero-order valence-electron chi connectivity index (χ0n) is 8.22.